The number of para-hydroxylation sites is 1. The lowest BCUT2D eigenvalue weighted by Crippen LogP contribution is -2.35. The summed E-state index contributed by atoms with van der Waals surface area (Å²) >= 11 is 0. The van der Waals surface area contributed by atoms with Crippen molar-refractivity contribution in [2.24, 2.45) is 5.92 Å². The maximum atomic E-state index is 11.8. The van der Waals surface area contributed by atoms with Gasteiger partial charge >= 0.3 is 5.97 Å². The van der Waals surface area contributed by atoms with E-state index in [0.29, 0.717) is 28.3 Å². The van der Waals surface area contributed by atoms with Crippen LogP contribution in [0.2, 0.25) is 0 Å². The average Bonchev–Trinajstić information content (AvgIpc) is 3.10. The number of carboxylic acids is 1. The Balaban J connectivity index is 0.00000240. The molecule has 7 heteroatoms. The summed E-state index contributed by atoms with van der Waals surface area (Å²) in [6.45, 7) is 3.87. The van der Waals surface area contributed by atoms with E-state index in [1.807, 2.05) is 68.4 Å². The molecule has 29 heavy (non-hydrogen) atoms. The van der Waals surface area contributed by atoms with Crippen LogP contribution < -0.4 is 5.32 Å². The summed E-state index contributed by atoms with van der Waals surface area (Å²) in [4.78, 5) is 21.2. The minimum Gasteiger partial charge on any atom is -0.480 e. The lowest BCUT2D eigenvalue weighted by atomic mass is 9.99. The summed E-state index contributed by atoms with van der Waals surface area (Å²) in [5, 5.41) is 13.7. The van der Waals surface area contributed by atoms with Crippen LogP contribution in [0.1, 0.15) is 20.3 Å². The molecule has 2 aromatic heterocycles. The van der Waals surface area contributed by atoms with E-state index in [0.717, 1.165) is 17.4 Å². The summed E-state index contributed by atoms with van der Waals surface area (Å²) in [5.74, 6) is -0.0752. The van der Waals surface area contributed by atoms with Crippen LogP contribution in [0.25, 0.3) is 33.5 Å². The predicted molar refractivity (Wildman–Crippen MR) is 116 cm³/mol. The quantitative estimate of drug-likeness (QED) is 0.443. The molecule has 2 N–H and O–H groups in total. The van der Waals surface area contributed by atoms with E-state index in [4.69, 9.17) is 9.40 Å². The van der Waals surface area contributed by atoms with Crippen molar-refractivity contribution in [2.75, 3.05) is 5.32 Å². The van der Waals surface area contributed by atoms with E-state index in [-0.39, 0.29) is 18.3 Å². The van der Waals surface area contributed by atoms with Gasteiger partial charge in [-0.2, -0.15) is 0 Å². The maximum absolute atomic E-state index is 11.8. The molecule has 4 rings (SSSR count). The molecular weight excluding hydrogens is 390 g/mol. The van der Waals surface area contributed by atoms with E-state index in [2.05, 4.69) is 10.3 Å². The number of carboxylic acid groups (broad SMARTS) is 1. The smallest absolute Gasteiger partial charge is 0.326 e. The highest BCUT2D eigenvalue weighted by molar-refractivity contribution is 6.06. The number of nitrogens with zero attached hydrogens (tertiary/aromatic N) is 2. The molecule has 0 spiro atoms. The van der Waals surface area contributed by atoms with Gasteiger partial charge in [0, 0.05) is 10.9 Å². The lowest BCUT2D eigenvalue weighted by molar-refractivity contribution is -0.139. The molecule has 150 valence electrons. The van der Waals surface area contributed by atoms with Crippen LogP contribution in [0.4, 0.5) is 5.82 Å². The molecule has 2 aromatic carbocycles. The second-order valence-electron chi connectivity index (χ2n) is 6.88. The SMILES string of the molecule is CCC(C)C(Nc1nc(-c2ccccc2)nc2c1oc1ccccc12)C(=O)O.Cl. The zero-order chi connectivity index (χ0) is 19.7. The van der Waals surface area contributed by atoms with E-state index >= 15 is 0 Å². The van der Waals surface area contributed by atoms with Gasteiger partial charge in [-0.25, -0.2) is 14.8 Å². The van der Waals surface area contributed by atoms with Gasteiger partial charge in [-0.05, 0) is 18.1 Å². The molecule has 0 amide bonds. The monoisotopic (exact) mass is 411 g/mol. The minimum absolute atomic E-state index is 0. The van der Waals surface area contributed by atoms with Gasteiger partial charge in [0.05, 0.1) is 0 Å². The van der Waals surface area contributed by atoms with E-state index in [1.54, 1.807) is 0 Å². The Bertz CT molecular complexity index is 1140. The Kier molecular flexibility index (Phi) is 6.03. The lowest BCUT2D eigenvalue weighted by Gasteiger charge is -2.20. The first kappa shape index (κ1) is 20.6. The first-order chi connectivity index (χ1) is 13.6. The van der Waals surface area contributed by atoms with Crippen LogP contribution in [-0.4, -0.2) is 27.1 Å². The number of anilines is 1. The number of aromatic nitrogens is 2. The Morgan fingerprint density at radius 2 is 1.79 bits per heavy atom. The Morgan fingerprint density at radius 3 is 2.48 bits per heavy atom. The fourth-order valence-corrected chi connectivity index (χ4v) is 3.24. The van der Waals surface area contributed by atoms with Gasteiger partial charge in [0.1, 0.15) is 17.1 Å². The summed E-state index contributed by atoms with van der Waals surface area (Å²) in [6.07, 6.45) is 0.726. The third-order valence-electron chi connectivity index (χ3n) is 5.02. The van der Waals surface area contributed by atoms with Crippen molar-refractivity contribution in [1.29, 1.82) is 0 Å². The van der Waals surface area contributed by atoms with Crippen LogP contribution >= 0.6 is 12.4 Å². The van der Waals surface area contributed by atoms with Crippen molar-refractivity contribution in [1.82, 2.24) is 9.97 Å². The third-order valence-corrected chi connectivity index (χ3v) is 5.02. The number of furan rings is 1. The molecule has 6 nitrogen and oxygen atoms in total. The van der Waals surface area contributed by atoms with Crippen molar-refractivity contribution >= 4 is 46.3 Å². The summed E-state index contributed by atoms with van der Waals surface area (Å²) in [5.41, 5.74) is 2.68. The van der Waals surface area contributed by atoms with Gasteiger partial charge in [-0.3, -0.25) is 0 Å². The summed E-state index contributed by atoms with van der Waals surface area (Å²) in [7, 11) is 0. The maximum Gasteiger partial charge on any atom is 0.326 e. The molecule has 0 fully saturated rings. The van der Waals surface area contributed by atoms with Crippen molar-refractivity contribution in [3.8, 4) is 11.4 Å². The van der Waals surface area contributed by atoms with E-state index in [1.165, 1.54) is 0 Å². The first-order valence-electron chi connectivity index (χ1n) is 9.32. The molecule has 0 saturated heterocycles. The van der Waals surface area contributed by atoms with Gasteiger partial charge in [0.25, 0.3) is 0 Å². The fraction of sp³-hybridized carbons (Fsp3) is 0.227. The highest BCUT2D eigenvalue weighted by Crippen LogP contribution is 2.33. The normalized spacial score (nSPS) is 13.0. The van der Waals surface area contributed by atoms with Gasteiger partial charge < -0.3 is 14.8 Å². The third kappa shape index (κ3) is 3.89. The number of nitrogens with one attached hydrogen (secondary N) is 1. The van der Waals surface area contributed by atoms with Gasteiger partial charge in [-0.1, -0.05) is 62.7 Å². The second-order valence-corrected chi connectivity index (χ2v) is 6.88. The van der Waals surface area contributed by atoms with Crippen molar-refractivity contribution in [2.45, 2.75) is 26.3 Å². The Labute approximate surface area is 174 Å². The van der Waals surface area contributed by atoms with E-state index < -0.39 is 12.0 Å². The molecule has 2 atom stereocenters. The number of hydrogen-bond donors (Lipinski definition) is 2. The average molecular weight is 412 g/mol. The molecular formula is C22H22ClN3O3. The highest BCUT2D eigenvalue weighted by atomic mass is 35.5. The van der Waals surface area contributed by atoms with Gasteiger partial charge in [0.15, 0.2) is 17.2 Å². The minimum atomic E-state index is -0.918. The molecule has 2 heterocycles. The Hall–Kier alpha value is -3.12. The van der Waals surface area contributed by atoms with E-state index in [9.17, 15) is 9.90 Å². The van der Waals surface area contributed by atoms with Crippen LogP contribution in [-0.2, 0) is 4.79 Å². The molecule has 4 aromatic rings. The van der Waals surface area contributed by atoms with Crippen LogP contribution in [0, 0.1) is 5.92 Å². The zero-order valence-corrected chi connectivity index (χ0v) is 16.9. The molecule has 0 aliphatic carbocycles. The van der Waals surface area contributed by atoms with Crippen molar-refractivity contribution < 1.29 is 14.3 Å². The molecule has 0 bridgehead atoms. The molecule has 0 radical (unpaired) electrons. The standard InChI is InChI=1S/C22H21N3O3.ClH/c1-3-13(2)17(22(26)27)23-21-19-18(15-11-7-8-12-16(15)28-19)24-20(25-21)14-9-5-4-6-10-14;/h4-13,17H,3H2,1-2H3,(H,26,27)(H,23,24,25);1H. The molecule has 0 aliphatic heterocycles. The first-order valence-corrected chi connectivity index (χ1v) is 9.32. The van der Waals surface area contributed by atoms with Crippen molar-refractivity contribution in [3.05, 3.63) is 54.6 Å². The second kappa shape index (κ2) is 8.49. The topological polar surface area (TPSA) is 88.3 Å². The molecule has 0 saturated carbocycles. The van der Waals surface area contributed by atoms with Crippen molar-refractivity contribution in [3.63, 3.8) is 0 Å². The number of benzene rings is 2. The summed E-state index contributed by atoms with van der Waals surface area (Å²) in [6, 6.07) is 16.5. The van der Waals surface area contributed by atoms with Crippen LogP contribution in [0.15, 0.2) is 59.0 Å². The fourth-order valence-electron chi connectivity index (χ4n) is 3.24. The number of hydrogen-bond acceptors (Lipinski definition) is 5. The molecule has 0 aliphatic rings. The number of fused-ring (bicyclic) bond motifs is 3. The van der Waals surface area contributed by atoms with Crippen LogP contribution in [0.3, 0.4) is 0 Å². The number of aliphatic carboxylic acids is 1. The summed E-state index contributed by atoms with van der Waals surface area (Å²) < 4.78 is 5.99. The Morgan fingerprint density at radius 1 is 1.10 bits per heavy atom. The number of halogens is 1. The van der Waals surface area contributed by atoms with Crippen LogP contribution in [0.5, 0.6) is 0 Å². The zero-order valence-electron chi connectivity index (χ0n) is 16.1. The van der Waals surface area contributed by atoms with Gasteiger partial charge in [-0.15, -0.1) is 12.4 Å². The highest BCUT2D eigenvalue weighted by Gasteiger charge is 2.26. The molecule has 2 unspecified atom stereocenters. The van der Waals surface area contributed by atoms with Gasteiger partial charge in [0.2, 0.25) is 0 Å². The number of rotatable bonds is 6. The largest absolute Gasteiger partial charge is 0.480 e. The predicted octanol–water partition coefficient (Wildman–Crippen LogP) is 5.38. The number of carbonyl (C=O) groups is 1.